The zero-order valence-corrected chi connectivity index (χ0v) is 10.1. The second kappa shape index (κ2) is 7.25. The highest BCUT2D eigenvalue weighted by molar-refractivity contribution is 5.33. The van der Waals surface area contributed by atoms with Crippen LogP contribution in [0.3, 0.4) is 0 Å². The Morgan fingerprint density at radius 3 is 2.69 bits per heavy atom. The SMILES string of the molecule is CCNC(CO)COc1ccccc1CC. The molecule has 1 aromatic rings. The Hall–Kier alpha value is -1.06. The summed E-state index contributed by atoms with van der Waals surface area (Å²) >= 11 is 0. The van der Waals surface area contributed by atoms with Crippen LogP contribution >= 0.6 is 0 Å². The summed E-state index contributed by atoms with van der Waals surface area (Å²) < 4.78 is 5.71. The van der Waals surface area contributed by atoms with Crippen LogP contribution in [0.2, 0.25) is 0 Å². The molecule has 3 nitrogen and oxygen atoms in total. The number of nitrogens with one attached hydrogen (secondary N) is 1. The van der Waals surface area contributed by atoms with E-state index in [4.69, 9.17) is 9.84 Å². The maximum absolute atomic E-state index is 9.12. The molecule has 0 heterocycles. The summed E-state index contributed by atoms with van der Waals surface area (Å²) in [5.41, 5.74) is 1.20. The fourth-order valence-corrected chi connectivity index (χ4v) is 1.59. The van der Waals surface area contributed by atoms with E-state index in [1.807, 2.05) is 25.1 Å². The molecule has 0 spiro atoms. The molecule has 0 bridgehead atoms. The molecule has 0 aromatic heterocycles. The van der Waals surface area contributed by atoms with Gasteiger partial charge in [0, 0.05) is 0 Å². The Morgan fingerprint density at radius 2 is 2.06 bits per heavy atom. The minimum atomic E-state index is 0.00918. The number of hydrogen-bond acceptors (Lipinski definition) is 3. The third kappa shape index (κ3) is 3.83. The van der Waals surface area contributed by atoms with Gasteiger partial charge in [-0.2, -0.15) is 0 Å². The molecule has 3 heteroatoms. The second-order valence-corrected chi connectivity index (χ2v) is 3.71. The van der Waals surface area contributed by atoms with Gasteiger partial charge in [0.15, 0.2) is 0 Å². The molecule has 1 rings (SSSR count). The summed E-state index contributed by atoms with van der Waals surface area (Å²) in [5.74, 6) is 0.918. The van der Waals surface area contributed by atoms with Crippen LogP contribution in [0, 0.1) is 0 Å². The van der Waals surface area contributed by atoms with Gasteiger partial charge in [0.05, 0.1) is 12.6 Å². The van der Waals surface area contributed by atoms with Gasteiger partial charge in [-0.3, -0.25) is 0 Å². The maximum Gasteiger partial charge on any atom is 0.122 e. The molecule has 0 amide bonds. The lowest BCUT2D eigenvalue weighted by atomic mass is 10.1. The molecule has 1 atom stereocenters. The second-order valence-electron chi connectivity index (χ2n) is 3.71. The van der Waals surface area contributed by atoms with E-state index < -0.39 is 0 Å². The smallest absolute Gasteiger partial charge is 0.122 e. The number of rotatable bonds is 7. The number of aryl methyl sites for hydroxylation is 1. The van der Waals surface area contributed by atoms with Crippen LogP contribution in [0.4, 0.5) is 0 Å². The molecule has 1 unspecified atom stereocenters. The van der Waals surface area contributed by atoms with Gasteiger partial charge in [-0.1, -0.05) is 32.0 Å². The van der Waals surface area contributed by atoms with Crippen molar-refractivity contribution < 1.29 is 9.84 Å². The number of para-hydroxylation sites is 1. The van der Waals surface area contributed by atoms with Crippen molar-refractivity contribution in [1.29, 1.82) is 0 Å². The van der Waals surface area contributed by atoms with Crippen LogP contribution in [-0.2, 0) is 6.42 Å². The first-order valence-corrected chi connectivity index (χ1v) is 5.86. The summed E-state index contributed by atoms with van der Waals surface area (Å²) in [6.07, 6.45) is 0.959. The summed E-state index contributed by atoms with van der Waals surface area (Å²) in [6.45, 7) is 5.56. The van der Waals surface area contributed by atoms with E-state index >= 15 is 0 Å². The average molecular weight is 223 g/mol. The van der Waals surface area contributed by atoms with E-state index in [2.05, 4.69) is 18.3 Å². The fourth-order valence-electron chi connectivity index (χ4n) is 1.59. The van der Waals surface area contributed by atoms with E-state index in [-0.39, 0.29) is 12.6 Å². The molecule has 1 aromatic carbocycles. The van der Waals surface area contributed by atoms with Crippen molar-refractivity contribution in [2.45, 2.75) is 26.3 Å². The van der Waals surface area contributed by atoms with Crippen molar-refractivity contribution >= 4 is 0 Å². The van der Waals surface area contributed by atoms with Gasteiger partial charge in [-0.25, -0.2) is 0 Å². The lowest BCUT2D eigenvalue weighted by Gasteiger charge is -2.17. The number of hydrogen-bond donors (Lipinski definition) is 2. The van der Waals surface area contributed by atoms with Gasteiger partial charge in [-0.05, 0) is 24.6 Å². The third-order valence-electron chi connectivity index (χ3n) is 2.51. The van der Waals surface area contributed by atoms with E-state index in [0.717, 1.165) is 18.7 Å². The third-order valence-corrected chi connectivity index (χ3v) is 2.51. The van der Waals surface area contributed by atoms with Gasteiger partial charge in [0.2, 0.25) is 0 Å². The van der Waals surface area contributed by atoms with Gasteiger partial charge < -0.3 is 15.2 Å². The molecule has 0 saturated carbocycles. The summed E-state index contributed by atoms with van der Waals surface area (Å²) in [4.78, 5) is 0. The van der Waals surface area contributed by atoms with Gasteiger partial charge in [-0.15, -0.1) is 0 Å². The van der Waals surface area contributed by atoms with E-state index in [9.17, 15) is 0 Å². The largest absolute Gasteiger partial charge is 0.492 e. The fraction of sp³-hybridized carbons (Fsp3) is 0.538. The zero-order chi connectivity index (χ0) is 11.8. The van der Waals surface area contributed by atoms with Crippen LogP contribution in [0.5, 0.6) is 5.75 Å². The van der Waals surface area contributed by atoms with Crippen molar-refractivity contribution in [2.75, 3.05) is 19.8 Å². The number of aliphatic hydroxyl groups excluding tert-OH is 1. The van der Waals surface area contributed by atoms with Crippen molar-refractivity contribution in [2.24, 2.45) is 0 Å². The van der Waals surface area contributed by atoms with Crippen LogP contribution < -0.4 is 10.1 Å². The Bertz CT molecular complexity index is 302. The Labute approximate surface area is 97.4 Å². The Balaban J connectivity index is 2.52. The highest BCUT2D eigenvalue weighted by Gasteiger charge is 2.07. The first kappa shape index (κ1) is 13.0. The predicted molar refractivity (Wildman–Crippen MR) is 65.9 cm³/mol. The quantitative estimate of drug-likeness (QED) is 0.737. The summed E-state index contributed by atoms with van der Waals surface area (Å²) in [6, 6.07) is 8.03. The molecule has 0 aliphatic heterocycles. The van der Waals surface area contributed by atoms with Crippen molar-refractivity contribution in [3.8, 4) is 5.75 Å². The predicted octanol–water partition coefficient (Wildman–Crippen LogP) is 1.60. The molecular formula is C13H21NO2. The van der Waals surface area contributed by atoms with Crippen molar-refractivity contribution in [1.82, 2.24) is 5.32 Å². The first-order valence-electron chi connectivity index (χ1n) is 5.86. The molecule has 0 fully saturated rings. The maximum atomic E-state index is 9.12. The van der Waals surface area contributed by atoms with Gasteiger partial charge in [0.1, 0.15) is 12.4 Å². The Morgan fingerprint density at radius 1 is 1.31 bits per heavy atom. The van der Waals surface area contributed by atoms with Crippen LogP contribution in [0.1, 0.15) is 19.4 Å². The first-order chi connectivity index (χ1) is 7.81. The molecule has 0 radical (unpaired) electrons. The lowest BCUT2D eigenvalue weighted by Crippen LogP contribution is -2.37. The average Bonchev–Trinajstić information content (AvgIpc) is 2.34. The summed E-state index contributed by atoms with van der Waals surface area (Å²) in [7, 11) is 0. The van der Waals surface area contributed by atoms with Gasteiger partial charge in [0.25, 0.3) is 0 Å². The molecule has 0 saturated heterocycles. The lowest BCUT2D eigenvalue weighted by molar-refractivity contribution is 0.184. The topological polar surface area (TPSA) is 41.5 Å². The minimum absolute atomic E-state index is 0.00918. The number of benzene rings is 1. The summed E-state index contributed by atoms with van der Waals surface area (Å²) in [5, 5.41) is 12.3. The Kier molecular flexibility index (Phi) is 5.90. The number of ether oxygens (including phenoxy) is 1. The minimum Gasteiger partial charge on any atom is -0.492 e. The molecule has 16 heavy (non-hydrogen) atoms. The van der Waals surface area contributed by atoms with Crippen LogP contribution in [-0.4, -0.2) is 30.9 Å². The normalized spacial score (nSPS) is 12.4. The van der Waals surface area contributed by atoms with Crippen molar-refractivity contribution in [3.63, 3.8) is 0 Å². The zero-order valence-electron chi connectivity index (χ0n) is 10.1. The molecule has 90 valence electrons. The van der Waals surface area contributed by atoms with Crippen molar-refractivity contribution in [3.05, 3.63) is 29.8 Å². The number of aliphatic hydroxyl groups is 1. The monoisotopic (exact) mass is 223 g/mol. The highest BCUT2D eigenvalue weighted by Crippen LogP contribution is 2.18. The van der Waals surface area contributed by atoms with Gasteiger partial charge >= 0.3 is 0 Å². The number of likely N-dealkylation sites (N-methyl/N-ethyl adjacent to an activating group) is 1. The molecular weight excluding hydrogens is 202 g/mol. The van der Waals surface area contributed by atoms with E-state index in [0.29, 0.717) is 6.61 Å². The molecule has 0 aliphatic carbocycles. The molecule has 2 N–H and O–H groups in total. The standard InChI is InChI=1S/C13H21NO2/c1-3-11-7-5-6-8-13(11)16-10-12(9-15)14-4-2/h5-8,12,14-15H,3-4,9-10H2,1-2H3. The van der Waals surface area contributed by atoms with Crippen LogP contribution in [0.15, 0.2) is 24.3 Å². The molecule has 0 aliphatic rings. The van der Waals surface area contributed by atoms with Crippen LogP contribution in [0.25, 0.3) is 0 Å². The van der Waals surface area contributed by atoms with E-state index in [1.165, 1.54) is 5.56 Å². The van der Waals surface area contributed by atoms with E-state index in [1.54, 1.807) is 0 Å². The highest BCUT2D eigenvalue weighted by atomic mass is 16.5.